The molecule has 0 aliphatic heterocycles. The summed E-state index contributed by atoms with van der Waals surface area (Å²) in [6, 6.07) is 18.7. The summed E-state index contributed by atoms with van der Waals surface area (Å²) in [5, 5.41) is 5.49. The molecular weight excluding hydrogens is 418 g/mol. The van der Waals surface area contributed by atoms with E-state index in [4.69, 9.17) is 0 Å². The molecule has 2 aromatic carbocycles. The van der Waals surface area contributed by atoms with Crippen molar-refractivity contribution in [3.63, 3.8) is 0 Å². The number of carbonyl (C=O) groups is 2. The average Bonchev–Trinajstić information content (AvgIpc) is 2.69. The van der Waals surface area contributed by atoms with Gasteiger partial charge in [-0.1, -0.05) is 46.3 Å². The summed E-state index contributed by atoms with van der Waals surface area (Å²) >= 11 is 3.46. The molecule has 0 saturated heterocycles. The second kappa shape index (κ2) is 8.80. The third-order valence-electron chi connectivity index (χ3n) is 4.35. The summed E-state index contributed by atoms with van der Waals surface area (Å²) in [7, 11) is 1.59. The first-order chi connectivity index (χ1) is 13.5. The first-order valence-corrected chi connectivity index (χ1v) is 9.60. The molecule has 0 saturated carbocycles. The third-order valence-corrected chi connectivity index (χ3v) is 4.84. The van der Waals surface area contributed by atoms with Gasteiger partial charge in [-0.25, -0.2) is 0 Å². The van der Waals surface area contributed by atoms with Crippen LogP contribution in [-0.2, 0) is 11.2 Å². The van der Waals surface area contributed by atoms with E-state index in [1.165, 1.54) is 0 Å². The maximum absolute atomic E-state index is 12.8. The van der Waals surface area contributed by atoms with Gasteiger partial charge in [0.2, 0.25) is 5.91 Å². The Morgan fingerprint density at radius 2 is 1.82 bits per heavy atom. The summed E-state index contributed by atoms with van der Waals surface area (Å²) in [6.45, 7) is 1.81. The van der Waals surface area contributed by atoms with Crippen LogP contribution in [0.2, 0.25) is 0 Å². The van der Waals surface area contributed by atoms with Crippen LogP contribution in [0.4, 0.5) is 5.69 Å². The lowest BCUT2D eigenvalue weighted by atomic mass is 10.1. The second-order valence-electron chi connectivity index (χ2n) is 6.30. The van der Waals surface area contributed by atoms with Crippen molar-refractivity contribution in [3.05, 3.63) is 82.0 Å². The van der Waals surface area contributed by atoms with Crippen molar-refractivity contribution < 1.29 is 9.59 Å². The minimum Gasteiger partial charge on any atom is -0.359 e. The summed E-state index contributed by atoms with van der Waals surface area (Å²) in [6.07, 6.45) is 0.200. The molecule has 2 N–H and O–H groups in total. The largest absolute Gasteiger partial charge is 0.359 e. The number of amides is 2. The highest BCUT2D eigenvalue weighted by Gasteiger charge is 2.14. The van der Waals surface area contributed by atoms with Gasteiger partial charge in [-0.05, 0) is 42.8 Å². The molecule has 0 aliphatic rings. The van der Waals surface area contributed by atoms with Gasteiger partial charge in [-0.15, -0.1) is 0 Å². The maximum atomic E-state index is 12.8. The predicted molar refractivity (Wildman–Crippen MR) is 114 cm³/mol. The minimum absolute atomic E-state index is 0.113. The molecule has 0 aliphatic carbocycles. The number of carbonyl (C=O) groups excluding carboxylic acids is 2. The van der Waals surface area contributed by atoms with E-state index in [0.29, 0.717) is 16.9 Å². The summed E-state index contributed by atoms with van der Waals surface area (Å²) < 4.78 is 0.971. The fraction of sp³-hybridized carbons (Fsp3) is 0.136. The second-order valence-corrected chi connectivity index (χ2v) is 7.22. The van der Waals surface area contributed by atoms with Crippen molar-refractivity contribution in [1.29, 1.82) is 0 Å². The number of aryl methyl sites for hydroxylation is 1. The van der Waals surface area contributed by atoms with E-state index in [9.17, 15) is 9.59 Å². The molecule has 0 radical (unpaired) electrons. The van der Waals surface area contributed by atoms with E-state index in [1.807, 2.05) is 55.5 Å². The molecule has 2 amide bonds. The number of likely N-dealkylation sites (N-methyl/N-ethyl adjacent to an activating group) is 1. The van der Waals surface area contributed by atoms with Gasteiger partial charge in [0.05, 0.1) is 23.4 Å². The molecule has 1 aromatic heterocycles. The summed E-state index contributed by atoms with van der Waals surface area (Å²) in [5.41, 5.74) is 4.28. The molecule has 6 heteroatoms. The molecule has 0 unspecified atom stereocenters. The van der Waals surface area contributed by atoms with Gasteiger partial charge in [-0.3, -0.25) is 14.6 Å². The van der Waals surface area contributed by atoms with Gasteiger partial charge >= 0.3 is 0 Å². The van der Waals surface area contributed by atoms with Crippen LogP contribution < -0.4 is 10.6 Å². The van der Waals surface area contributed by atoms with E-state index < -0.39 is 0 Å². The highest BCUT2D eigenvalue weighted by atomic mass is 79.9. The van der Waals surface area contributed by atoms with Gasteiger partial charge in [0.15, 0.2) is 0 Å². The molecule has 5 nitrogen and oxygen atoms in total. The predicted octanol–water partition coefficient (Wildman–Crippen LogP) is 4.36. The Hall–Kier alpha value is -2.99. The van der Waals surface area contributed by atoms with Gasteiger partial charge in [-0.2, -0.15) is 0 Å². The van der Waals surface area contributed by atoms with Crippen LogP contribution in [-0.4, -0.2) is 23.8 Å². The molecule has 3 aromatic rings. The Bertz CT molecular complexity index is 1030. The summed E-state index contributed by atoms with van der Waals surface area (Å²) in [5.74, 6) is -0.368. The molecule has 0 bridgehead atoms. The zero-order chi connectivity index (χ0) is 20.1. The van der Waals surface area contributed by atoms with Crippen LogP contribution in [0, 0.1) is 6.92 Å². The first-order valence-electron chi connectivity index (χ1n) is 8.81. The van der Waals surface area contributed by atoms with Crippen LogP contribution in [0.25, 0.3) is 11.3 Å². The van der Waals surface area contributed by atoms with E-state index >= 15 is 0 Å². The van der Waals surface area contributed by atoms with Crippen LogP contribution in [0.1, 0.15) is 21.6 Å². The number of halogens is 1. The monoisotopic (exact) mass is 437 g/mol. The van der Waals surface area contributed by atoms with Crippen molar-refractivity contribution in [2.75, 3.05) is 12.4 Å². The molecule has 142 valence electrons. The Labute approximate surface area is 172 Å². The third kappa shape index (κ3) is 4.64. The van der Waals surface area contributed by atoms with E-state index in [1.54, 1.807) is 19.2 Å². The number of nitrogens with one attached hydrogen (secondary N) is 2. The molecule has 1 heterocycles. The number of anilines is 1. The van der Waals surface area contributed by atoms with E-state index in [2.05, 4.69) is 31.5 Å². The Kier molecular flexibility index (Phi) is 6.21. The normalized spacial score (nSPS) is 10.4. The van der Waals surface area contributed by atoms with E-state index in [-0.39, 0.29) is 18.2 Å². The summed E-state index contributed by atoms with van der Waals surface area (Å²) in [4.78, 5) is 29.1. The quantitative estimate of drug-likeness (QED) is 0.622. The lowest BCUT2D eigenvalue weighted by Gasteiger charge is -2.12. The molecule has 0 fully saturated rings. The van der Waals surface area contributed by atoms with E-state index in [0.717, 1.165) is 21.3 Å². The number of aromatic nitrogens is 1. The molecule has 28 heavy (non-hydrogen) atoms. The SMILES string of the molecule is CNC(=O)Cc1ccccc1NC(=O)c1ccc(-c2cccc(Br)c2)nc1C. The standard InChI is InChI=1S/C22H20BrN3O2/c1-14-18(10-11-20(25-14)15-7-5-8-17(23)12-15)22(28)26-19-9-4-3-6-16(19)13-21(27)24-2/h3-12H,13H2,1-2H3,(H,24,27)(H,26,28). The number of rotatable bonds is 5. The van der Waals surface area contributed by atoms with Crippen LogP contribution in [0.15, 0.2) is 65.1 Å². The minimum atomic E-state index is -0.254. The van der Waals surface area contributed by atoms with Crippen LogP contribution >= 0.6 is 15.9 Å². The van der Waals surface area contributed by atoms with Crippen LogP contribution in [0.3, 0.4) is 0 Å². The lowest BCUT2D eigenvalue weighted by Crippen LogP contribution is -2.21. The highest BCUT2D eigenvalue weighted by Crippen LogP contribution is 2.23. The van der Waals surface area contributed by atoms with Crippen LogP contribution in [0.5, 0.6) is 0 Å². The van der Waals surface area contributed by atoms with Gasteiger partial charge in [0.25, 0.3) is 5.91 Å². The molecule has 0 atom stereocenters. The van der Waals surface area contributed by atoms with Crippen molar-refractivity contribution in [3.8, 4) is 11.3 Å². The Morgan fingerprint density at radius 1 is 1.04 bits per heavy atom. The maximum Gasteiger partial charge on any atom is 0.257 e. The number of hydrogen-bond donors (Lipinski definition) is 2. The number of pyridine rings is 1. The highest BCUT2D eigenvalue weighted by molar-refractivity contribution is 9.10. The smallest absolute Gasteiger partial charge is 0.257 e. The molecule has 0 spiro atoms. The number of para-hydroxylation sites is 1. The van der Waals surface area contributed by atoms with Crippen molar-refractivity contribution in [2.24, 2.45) is 0 Å². The number of benzene rings is 2. The van der Waals surface area contributed by atoms with Crippen molar-refractivity contribution in [2.45, 2.75) is 13.3 Å². The Morgan fingerprint density at radius 3 is 2.54 bits per heavy atom. The lowest BCUT2D eigenvalue weighted by molar-refractivity contribution is -0.119. The van der Waals surface area contributed by atoms with Gasteiger partial charge in [0, 0.05) is 22.8 Å². The number of hydrogen-bond acceptors (Lipinski definition) is 3. The Balaban J connectivity index is 1.83. The average molecular weight is 438 g/mol. The van der Waals surface area contributed by atoms with Gasteiger partial charge in [0.1, 0.15) is 0 Å². The molecular formula is C22H20BrN3O2. The zero-order valence-electron chi connectivity index (χ0n) is 15.6. The topological polar surface area (TPSA) is 71.1 Å². The molecule has 3 rings (SSSR count). The number of nitrogens with zero attached hydrogens (tertiary/aromatic N) is 1. The first kappa shape index (κ1) is 19.8. The van der Waals surface area contributed by atoms with Crippen molar-refractivity contribution in [1.82, 2.24) is 10.3 Å². The zero-order valence-corrected chi connectivity index (χ0v) is 17.2. The van der Waals surface area contributed by atoms with Crippen molar-refractivity contribution >= 4 is 33.4 Å². The fourth-order valence-corrected chi connectivity index (χ4v) is 3.26. The fourth-order valence-electron chi connectivity index (χ4n) is 2.86. The van der Waals surface area contributed by atoms with Gasteiger partial charge < -0.3 is 10.6 Å².